The van der Waals surface area contributed by atoms with Crippen LogP contribution in [-0.2, 0) is 29.3 Å². The summed E-state index contributed by atoms with van der Waals surface area (Å²) in [4.78, 5) is 24.3. The standard InChI is InChI=1S/C26H27F2N3O5/c27-19-10-18(11-20(28)12-19)16-36-25-13-22(26(33)34)30-31(25)14-24(32)29-21-8-4-5-9-23(21)35-15-17-6-2-1-3-7-17/h1-3,6-7,10-13,21,23H,4-5,8-9,14-16H2,(H,29,32)(H,33,34). The number of amides is 1. The molecule has 1 amide bonds. The van der Waals surface area contributed by atoms with Crippen LogP contribution in [0.1, 0.15) is 47.3 Å². The number of halogens is 2. The topological polar surface area (TPSA) is 103 Å². The molecule has 190 valence electrons. The minimum Gasteiger partial charge on any atom is -0.476 e. The van der Waals surface area contributed by atoms with Crippen molar-refractivity contribution in [2.45, 2.75) is 57.6 Å². The van der Waals surface area contributed by atoms with Crippen molar-refractivity contribution in [3.8, 4) is 5.88 Å². The highest BCUT2D eigenvalue weighted by Crippen LogP contribution is 2.23. The van der Waals surface area contributed by atoms with Crippen LogP contribution in [0.2, 0.25) is 0 Å². The molecule has 2 aromatic carbocycles. The van der Waals surface area contributed by atoms with E-state index in [-0.39, 0.29) is 48.3 Å². The maximum Gasteiger partial charge on any atom is 0.356 e. The van der Waals surface area contributed by atoms with Gasteiger partial charge in [0.15, 0.2) is 5.69 Å². The van der Waals surface area contributed by atoms with Crippen molar-refractivity contribution in [2.75, 3.05) is 0 Å². The number of nitrogens with one attached hydrogen (secondary N) is 1. The van der Waals surface area contributed by atoms with E-state index in [1.165, 1.54) is 0 Å². The van der Waals surface area contributed by atoms with Gasteiger partial charge >= 0.3 is 5.97 Å². The van der Waals surface area contributed by atoms with E-state index in [0.717, 1.165) is 60.2 Å². The lowest BCUT2D eigenvalue weighted by Gasteiger charge is -2.32. The Balaban J connectivity index is 1.40. The van der Waals surface area contributed by atoms with Crippen molar-refractivity contribution in [1.82, 2.24) is 15.1 Å². The Labute approximate surface area is 206 Å². The first-order valence-corrected chi connectivity index (χ1v) is 11.7. The van der Waals surface area contributed by atoms with Gasteiger partial charge in [-0.25, -0.2) is 18.3 Å². The van der Waals surface area contributed by atoms with Crippen LogP contribution >= 0.6 is 0 Å². The minimum absolute atomic E-state index is 0.00672. The molecule has 3 aromatic rings. The van der Waals surface area contributed by atoms with Crippen molar-refractivity contribution >= 4 is 11.9 Å². The van der Waals surface area contributed by atoms with Gasteiger partial charge in [0.1, 0.15) is 24.8 Å². The largest absolute Gasteiger partial charge is 0.476 e. The number of hydrogen-bond donors (Lipinski definition) is 2. The van der Waals surface area contributed by atoms with Crippen LogP contribution in [0.25, 0.3) is 0 Å². The number of benzene rings is 2. The Kier molecular flexibility index (Phi) is 8.27. The van der Waals surface area contributed by atoms with Crippen LogP contribution in [0, 0.1) is 11.6 Å². The van der Waals surface area contributed by atoms with Gasteiger partial charge in [0.05, 0.1) is 18.8 Å². The Morgan fingerprint density at radius 3 is 2.44 bits per heavy atom. The van der Waals surface area contributed by atoms with Gasteiger partial charge in [0.25, 0.3) is 0 Å². The molecule has 8 nitrogen and oxygen atoms in total. The number of aromatic carboxylic acids is 1. The normalized spacial score (nSPS) is 17.5. The first-order valence-electron chi connectivity index (χ1n) is 11.7. The highest BCUT2D eigenvalue weighted by Gasteiger charge is 2.28. The highest BCUT2D eigenvalue weighted by atomic mass is 19.1. The van der Waals surface area contributed by atoms with E-state index in [1.807, 2.05) is 30.3 Å². The molecule has 2 N–H and O–H groups in total. The maximum atomic E-state index is 13.5. The number of hydrogen-bond acceptors (Lipinski definition) is 5. The lowest BCUT2D eigenvalue weighted by Crippen LogP contribution is -2.47. The van der Waals surface area contributed by atoms with Gasteiger partial charge in [-0.05, 0) is 36.1 Å². The van der Waals surface area contributed by atoms with Gasteiger partial charge < -0.3 is 19.9 Å². The smallest absolute Gasteiger partial charge is 0.356 e. The molecular weight excluding hydrogens is 472 g/mol. The van der Waals surface area contributed by atoms with Crippen LogP contribution in [0.5, 0.6) is 5.88 Å². The lowest BCUT2D eigenvalue weighted by atomic mass is 9.92. The summed E-state index contributed by atoms with van der Waals surface area (Å²) in [5.41, 5.74) is 0.943. The average molecular weight is 500 g/mol. The maximum absolute atomic E-state index is 13.5. The fourth-order valence-corrected chi connectivity index (χ4v) is 4.21. The summed E-state index contributed by atoms with van der Waals surface area (Å²) in [6.45, 7) is -0.0845. The molecule has 4 rings (SSSR count). The fourth-order valence-electron chi connectivity index (χ4n) is 4.21. The molecule has 1 fully saturated rings. The van der Waals surface area contributed by atoms with Gasteiger partial charge in [0.2, 0.25) is 11.8 Å². The predicted molar refractivity (Wildman–Crippen MR) is 125 cm³/mol. The summed E-state index contributed by atoms with van der Waals surface area (Å²) in [7, 11) is 0. The number of carboxylic acids is 1. The van der Waals surface area contributed by atoms with Crippen molar-refractivity contribution < 1.29 is 33.0 Å². The molecule has 0 spiro atoms. The number of rotatable bonds is 10. The molecule has 36 heavy (non-hydrogen) atoms. The number of carbonyl (C=O) groups excluding carboxylic acids is 1. The molecule has 1 aliphatic rings. The number of aromatic nitrogens is 2. The quantitative estimate of drug-likeness (QED) is 0.436. The zero-order valence-corrected chi connectivity index (χ0v) is 19.5. The van der Waals surface area contributed by atoms with Crippen molar-refractivity contribution in [1.29, 1.82) is 0 Å². The average Bonchev–Trinajstić information content (AvgIpc) is 3.25. The summed E-state index contributed by atoms with van der Waals surface area (Å²) in [5, 5.41) is 16.2. The van der Waals surface area contributed by atoms with Crippen molar-refractivity contribution in [3.63, 3.8) is 0 Å². The molecule has 0 radical (unpaired) electrons. The molecule has 1 saturated carbocycles. The number of carbonyl (C=O) groups is 2. The SMILES string of the molecule is O=C(Cn1nc(C(=O)O)cc1OCc1cc(F)cc(F)c1)NC1CCCCC1OCc1ccccc1. The van der Waals surface area contributed by atoms with Gasteiger partial charge in [-0.15, -0.1) is 0 Å². The zero-order valence-electron chi connectivity index (χ0n) is 19.5. The molecule has 2 atom stereocenters. The van der Waals surface area contributed by atoms with E-state index in [1.54, 1.807) is 0 Å². The third-order valence-electron chi connectivity index (χ3n) is 5.92. The first-order chi connectivity index (χ1) is 17.4. The molecule has 0 saturated heterocycles. The van der Waals surface area contributed by atoms with E-state index in [0.29, 0.717) is 6.61 Å². The molecule has 10 heteroatoms. The Bertz CT molecular complexity index is 1180. The Morgan fingerprint density at radius 2 is 1.72 bits per heavy atom. The summed E-state index contributed by atoms with van der Waals surface area (Å²) in [6, 6.07) is 13.7. The van der Waals surface area contributed by atoms with Crippen molar-refractivity contribution in [3.05, 3.63) is 83.1 Å². The summed E-state index contributed by atoms with van der Waals surface area (Å²) in [6.07, 6.45) is 3.40. The molecule has 2 unspecified atom stereocenters. The molecule has 0 bridgehead atoms. The molecular formula is C26H27F2N3O5. The second-order valence-corrected chi connectivity index (χ2v) is 8.69. The molecule has 0 aliphatic heterocycles. The zero-order chi connectivity index (χ0) is 25.5. The van der Waals surface area contributed by atoms with E-state index >= 15 is 0 Å². The summed E-state index contributed by atoms with van der Waals surface area (Å²) >= 11 is 0. The Hall–Kier alpha value is -3.79. The van der Waals surface area contributed by atoms with Gasteiger partial charge in [0, 0.05) is 12.1 Å². The van der Waals surface area contributed by atoms with Crippen LogP contribution < -0.4 is 10.1 Å². The monoisotopic (exact) mass is 499 g/mol. The number of nitrogens with zero attached hydrogens (tertiary/aromatic N) is 2. The second-order valence-electron chi connectivity index (χ2n) is 8.69. The van der Waals surface area contributed by atoms with Crippen LogP contribution in [-0.4, -0.2) is 38.9 Å². The van der Waals surface area contributed by atoms with Gasteiger partial charge in [-0.2, -0.15) is 5.10 Å². The fraction of sp³-hybridized carbons (Fsp3) is 0.346. The van der Waals surface area contributed by atoms with Crippen LogP contribution in [0.4, 0.5) is 8.78 Å². The Morgan fingerprint density at radius 1 is 1.00 bits per heavy atom. The summed E-state index contributed by atoms with van der Waals surface area (Å²) < 4.78 is 39.7. The summed E-state index contributed by atoms with van der Waals surface area (Å²) in [5.74, 6) is -3.20. The van der Waals surface area contributed by atoms with Crippen molar-refractivity contribution in [2.24, 2.45) is 0 Å². The predicted octanol–water partition coefficient (Wildman–Crippen LogP) is 4.08. The van der Waals surface area contributed by atoms with Crippen LogP contribution in [0.3, 0.4) is 0 Å². The lowest BCUT2D eigenvalue weighted by molar-refractivity contribution is -0.124. The highest BCUT2D eigenvalue weighted by molar-refractivity contribution is 5.85. The molecule has 1 heterocycles. The first kappa shape index (κ1) is 25.3. The third kappa shape index (κ3) is 6.88. The number of ether oxygens (including phenoxy) is 2. The molecule has 1 aromatic heterocycles. The number of carboxylic acid groups (broad SMARTS) is 1. The van der Waals surface area contributed by atoms with Crippen LogP contribution in [0.15, 0.2) is 54.6 Å². The van der Waals surface area contributed by atoms with Gasteiger partial charge in [-0.3, -0.25) is 4.79 Å². The van der Waals surface area contributed by atoms with E-state index in [4.69, 9.17) is 9.47 Å². The molecule has 1 aliphatic carbocycles. The third-order valence-corrected chi connectivity index (χ3v) is 5.92. The van der Waals surface area contributed by atoms with E-state index in [9.17, 15) is 23.5 Å². The van der Waals surface area contributed by atoms with E-state index in [2.05, 4.69) is 10.4 Å². The second kappa shape index (κ2) is 11.8. The van der Waals surface area contributed by atoms with Gasteiger partial charge in [-0.1, -0.05) is 43.2 Å². The van der Waals surface area contributed by atoms with E-state index < -0.39 is 17.6 Å². The minimum atomic E-state index is -1.29.